The molecule has 24 heavy (non-hydrogen) atoms. The summed E-state index contributed by atoms with van der Waals surface area (Å²) in [4.78, 5) is 30.7. The number of hydrogen-bond donors (Lipinski definition) is 1. The first-order valence-electron chi connectivity index (χ1n) is 8.01. The average molecular weight is 323 g/mol. The first kappa shape index (κ1) is 16.2. The molecule has 2 atom stereocenters. The molecule has 2 heterocycles. The Morgan fingerprint density at radius 1 is 1.17 bits per heavy atom. The van der Waals surface area contributed by atoms with Gasteiger partial charge in [0.05, 0.1) is 12.0 Å². The second-order valence-electron chi connectivity index (χ2n) is 6.38. The molecule has 0 aliphatic carbocycles. The van der Waals surface area contributed by atoms with Gasteiger partial charge in [-0.1, -0.05) is 29.8 Å². The highest BCUT2D eigenvalue weighted by atomic mass is 16.2. The third-order valence-electron chi connectivity index (χ3n) is 4.51. The number of anilines is 1. The number of benzene rings is 1. The quantitative estimate of drug-likeness (QED) is 0.945. The van der Waals surface area contributed by atoms with Crippen LogP contribution in [0, 0.1) is 19.8 Å². The lowest BCUT2D eigenvalue weighted by Crippen LogP contribution is -2.30. The number of nitrogens with one attached hydrogen (secondary N) is 1. The summed E-state index contributed by atoms with van der Waals surface area (Å²) < 4.78 is 0. The summed E-state index contributed by atoms with van der Waals surface area (Å²) in [6, 6.07) is 11.4. The van der Waals surface area contributed by atoms with Crippen molar-refractivity contribution >= 4 is 17.6 Å². The van der Waals surface area contributed by atoms with Gasteiger partial charge in [0.25, 0.3) is 0 Å². The van der Waals surface area contributed by atoms with E-state index in [1.165, 1.54) is 0 Å². The molecule has 1 aliphatic rings. The number of aryl methyl sites for hydroxylation is 2. The molecule has 0 spiro atoms. The van der Waals surface area contributed by atoms with Gasteiger partial charge in [0.2, 0.25) is 11.8 Å². The monoisotopic (exact) mass is 323 g/mol. The lowest BCUT2D eigenvalue weighted by Gasteiger charge is -2.25. The van der Waals surface area contributed by atoms with Crippen molar-refractivity contribution in [2.75, 3.05) is 12.4 Å². The first-order chi connectivity index (χ1) is 11.5. The van der Waals surface area contributed by atoms with Crippen molar-refractivity contribution in [2.45, 2.75) is 26.3 Å². The number of amides is 2. The van der Waals surface area contributed by atoms with E-state index in [9.17, 15) is 9.59 Å². The van der Waals surface area contributed by atoms with Crippen molar-refractivity contribution in [3.05, 3.63) is 59.3 Å². The van der Waals surface area contributed by atoms with Crippen LogP contribution >= 0.6 is 0 Å². The maximum Gasteiger partial charge on any atom is 0.231 e. The zero-order valence-electron chi connectivity index (χ0n) is 14.1. The molecule has 3 rings (SSSR count). The number of carbonyl (C=O) groups excluding carboxylic acids is 2. The molecule has 2 amide bonds. The SMILES string of the molecule is Cc1ccc(C2C(C(=O)Nc3cc(C)ccn3)CC(=O)N2C)cc1. The summed E-state index contributed by atoms with van der Waals surface area (Å²) in [5.41, 5.74) is 3.15. The Morgan fingerprint density at radius 3 is 2.54 bits per heavy atom. The van der Waals surface area contributed by atoms with Crippen molar-refractivity contribution in [1.29, 1.82) is 0 Å². The van der Waals surface area contributed by atoms with Gasteiger partial charge in [-0.3, -0.25) is 9.59 Å². The smallest absolute Gasteiger partial charge is 0.231 e. The molecule has 1 fully saturated rings. The molecular weight excluding hydrogens is 302 g/mol. The summed E-state index contributed by atoms with van der Waals surface area (Å²) in [6.07, 6.45) is 1.88. The molecule has 5 nitrogen and oxygen atoms in total. The highest BCUT2D eigenvalue weighted by Gasteiger charge is 2.42. The van der Waals surface area contributed by atoms with Gasteiger partial charge < -0.3 is 10.2 Å². The van der Waals surface area contributed by atoms with Crippen LogP contribution in [-0.4, -0.2) is 28.7 Å². The van der Waals surface area contributed by atoms with Crippen molar-refractivity contribution in [1.82, 2.24) is 9.88 Å². The normalized spacial score (nSPS) is 20.3. The second-order valence-corrected chi connectivity index (χ2v) is 6.38. The Labute approximate surface area is 141 Å². The molecule has 1 aliphatic heterocycles. The van der Waals surface area contributed by atoms with E-state index < -0.39 is 5.92 Å². The topological polar surface area (TPSA) is 62.3 Å². The van der Waals surface area contributed by atoms with Gasteiger partial charge in [-0.05, 0) is 37.1 Å². The van der Waals surface area contributed by atoms with Gasteiger partial charge >= 0.3 is 0 Å². The number of rotatable bonds is 3. The van der Waals surface area contributed by atoms with E-state index in [4.69, 9.17) is 0 Å². The van der Waals surface area contributed by atoms with Gasteiger partial charge in [-0.25, -0.2) is 4.98 Å². The van der Waals surface area contributed by atoms with Gasteiger partial charge in [0, 0.05) is 19.7 Å². The predicted octanol–water partition coefficient (Wildman–Crippen LogP) is 2.86. The molecule has 124 valence electrons. The highest BCUT2D eigenvalue weighted by molar-refractivity contribution is 5.97. The minimum absolute atomic E-state index is 0.0158. The standard InChI is InChI=1S/C19H21N3O2/c1-12-4-6-14(7-5-12)18-15(11-17(23)22(18)3)19(24)21-16-10-13(2)8-9-20-16/h4-10,15,18H,11H2,1-3H3,(H,20,21,24). The minimum atomic E-state index is -0.424. The number of nitrogens with zero attached hydrogens (tertiary/aromatic N) is 2. The van der Waals surface area contributed by atoms with Crippen LogP contribution in [0.25, 0.3) is 0 Å². The number of carbonyl (C=O) groups is 2. The van der Waals surface area contributed by atoms with Gasteiger partial charge in [-0.2, -0.15) is 0 Å². The van der Waals surface area contributed by atoms with Gasteiger partial charge in [0.1, 0.15) is 5.82 Å². The van der Waals surface area contributed by atoms with Crippen LogP contribution in [0.3, 0.4) is 0 Å². The molecule has 1 saturated heterocycles. The second kappa shape index (κ2) is 6.43. The average Bonchev–Trinajstić information content (AvgIpc) is 2.84. The summed E-state index contributed by atoms with van der Waals surface area (Å²) in [5, 5.41) is 2.85. The maximum atomic E-state index is 12.7. The lowest BCUT2D eigenvalue weighted by atomic mass is 9.92. The van der Waals surface area contributed by atoms with E-state index >= 15 is 0 Å². The summed E-state index contributed by atoms with van der Waals surface area (Å²) in [6.45, 7) is 3.96. The van der Waals surface area contributed by atoms with E-state index in [2.05, 4.69) is 10.3 Å². The molecule has 0 radical (unpaired) electrons. The number of aromatic nitrogens is 1. The van der Waals surface area contributed by atoms with Crippen LogP contribution in [0.4, 0.5) is 5.82 Å². The summed E-state index contributed by atoms with van der Waals surface area (Å²) in [5.74, 6) is -0.0912. The van der Waals surface area contributed by atoms with E-state index in [0.717, 1.165) is 16.7 Å². The Hall–Kier alpha value is -2.69. The van der Waals surface area contributed by atoms with Crippen molar-refractivity contribution in [3.63, 3.8) is 0 Å². The van der Waals surface area contributed by atoms with Crippen LogP contribution in [0.1, 0.15) is 29.2 Å². The lowest BCUT2D eigenvalue weighted by molar-refractivity contribution is -0.127. The Kier molecular flexibility index (Phi) is 4.34. The maximum absolute atomic E-state index is 12.7. The van der Waals surface area contributed by atoms with E-state index in [1.807, 2.05) is 50.2 Å². The van der Waals surface area contributed by atoms with Gasteiger partial charge in [-0.15, -0.1) is 0 Å². The molecule has 2 unspecified atom stereocenters. The Balaban J connectivity index is 1.85. The number of likely N-dealkylation sites (tertiary alicyclic amines) is 1. The van der Waals surface area contributed by atoms with Crippen LogP contribution in [0.5, 0.6) is 0 Å². The van der Waals surface area contributed by atoms with Gasteiger partial charge in [0.15, 0.2) is 0 Å². The summed E-state index contributed by atoms with van der Waals surface area (Å²) >= 11 is 0. The molecular formula is C19H21N3O2. The largest absolute Gasteiger partial charge is 0.338 e. The van der Waals surface area contributed by atoms with E-state index in [0.29, 0.717) is 5.82 Å². The fourth-order valence-corrected chi connectivity index (χ4v) is 3.15. The fourth-order valence-electron chi connectivity index (χ4n) is 3.15. The molecule has 0 bridgehead atoms. The number of hydrogen-bond acceptors (Lipinski definition) is 3. The van der Waals surface area contributed by atoms with Crippen LogP contribution in [0.2, 0.25) is 0 Å². The van der Waals surface area contributed by atoms with Crippen LogP contribution < -0.4 is 5.32 Å². The van der Waals surface area contributed by atoms with Crippen molar-refractivity contribution in [3.8, 4) is 0 Å². The molecule has 5 heteroatoms. The van der Waals surface area contributed by atoms with E-state index in [1.54, 1.807) is 18.1 Å². The van der Waals surface area contributed by atoms with E-state index in [-0.39, 0.29) is 24.3 Å². The Morgan fingerprint density at radius 2 is 1.88 bits per heavy atom. The zero-order chi connectivity index (χ0) is 17.3. The minimum Gasteiger partial charge on any atom is -0.338 e. The highest BCUT2D eigenvalue weighted by Crippen LogP contribution is 2.37. The third-order valence-corrected chi connectivity index (χ3v) is 4.51. The predicted molar refractivity (Wildman–Crippen MR) is 92.4 cm³/mol. The Bertz CT molecular complexity index is 770. The fraction of sp³-hybridized carbons (Fsp3) is 0.316. The van der Waals surface area contributed by atoms with Crippen molar-refractivity contribution in [2.24, 2.45) is 5.92 Å². The van der Waals surface area contributed by atoms with Crippen molar-refractivity contribution < 1.29 is 9.59 Å². The molecule has 1 aromatic carbocycles. The molecule has 1 aromatic heterocycles. The zero-order valence-corrected chi connectivity index (χ0v) is 14.1. The third kappa shape index (κ3) is 3.15. The molecule has 0 saturated carbocycles. The summed E-state index contributed by atoms with van der Waals surface area (Å²) in [7, 11) is 1.76. The molecule has 2 aromatic rings. The van der Waals surface area contributed by atoms with Crippen LogP contribution in [0.15, 0.2) is 42.6 Å². The first-order valence-corrected chi connectivity index (χ1v) is 8.01. The van der Waals surface area contributed by atoms with Crippen LogP contribution in [-0.2, 0) is 9.59 Å². The molecule has 1 N–H and O–H groups in total. The number of pyridine rings is 1.